The standard InChI is InChI=1S/C21H16N2O7/c24-20-11-9-19(29-13-15-1-5-17(6-2-15)22(25)26)10-12-21(20)30-14-16-3-7-18(8-4-16)23(27)28/h1-12H,13-14H2. The predicted octanol–water partition coefficient (Wildman–Crippen LogP) is 4.02. The minimum atomic E-state index is -0.490. The summed E-state index contributed by atoms with van der Waals surface area (Å²) in [5.74, 6) is 0.536. The number of hydrogen-bond acceptors (Lipinski definition) is 7. The number of hydrogen-bond donors (Lipinski definition) is 0. The number of nitro benzene ring substituents is 2. The van der Waals surface area contributed by atoms with Gasteiger partial charge in [0.1, 0.15) is 19.0 Å². The zero-order valence-corrected chi connectivity index (χ0v) is 15.6. The fourth-order valence-corrected chi connectivity index (χ4v) is 2.51. The van der Waals surface area contributed by atoms with Crippen molar-refractivity contribution in [2.45, 2.75) is 13.2 Å². The van der Waals surface area contributed by atoms with E-state index in [1.165, 1.54) is 42.5 Å². The molecule has 0 fully saturated rings. The fraction of sp³-hybridized carbons (Fsp3) is 0.0952. The molecule has 9 nitrogen and oxygen atoms in total. The van der Waals surface area contributed by atoms with Gasteiger partial charge in [0.15, 0.2) is 5.75 Å². The van der Waals surface area contributed by atoms with Crippen molar-refractivity contribution in [1.82, 2.24) is 0 Å². The lowest BCUT2D eigenvalue weighted by Crippen LogP contribution is -2.04. The van der Waals surface area contributed by atoms with E-state index in [-0.39, 0.29) is 35.8 Å². The van der Waals surface area contributed by atoms with Crippen molar-refractivity contribution in [2.24, 2.45) is 0 Å². The molecule has 3 aromatic carbocycles. The van der Waals surface area contributed by atoms with Gasteiger partial charge in [0, 0.05) is 24.3 Å². The highest BCUT2D eigenvalue weighted by atomic mass is 16.6. The third-order valence-electron chi connectivity index (χ3n) is 4.13. The van der Waals surface area contributed by atoms with Crippen molar-refractivity contribution < 1.29 is 19.3 Å². The number of benzene rings is 2. The molecule has 0 aliphatic rings. The van der Waals surface area contributed by atoms with Gasteiger partial charge in [-0.25, -0.2) is 0 Å². The van der Waals surface area contributed by atoms with E-state index < -0.39 is 9.85 Å². The molecule has 0 aromatic heterocycles. The van der Waals surface area contributed by atoms with E-state index in [0.29, 0.717) is 11.3 Å². The molecule has 0 saturated heterocycles. The summed E-state index contributed by atoms with van der Waals surface area (Å²) >= 11 is 0. The molecular weight excluding hydrogens is 392 g/mol. The summed E-state index contributed by atoms with van der Waals surface area (Å²) in [5, 5.41) is 21.4. The lowest BCUT2D eigenvalue weighted by molar-refractivity contribution is -0.385. The molecule has 0 spiro atoms. The second kappa shape index (κ2) is 9.28. The highest BCUT2D eigenvalue weighted by Gasteiger charge is 2.06. The van der Waals surface area contributed by atoms with Crippen LogP contribution in [0.1, 0.15) is 11.1 Å². The van der Waals surface area contributed by atoms with E-state index in [2.05, 4.69) is 0 Å². The van der Waals surface area contributed by atoms with Gasteiger partial charge in [-0.3, -0.25) is 25.0 Å². The third kappa shape index (κ3) is 5.38. The number of rotatable bonds is 8. The van der Waals surface area contributed by atoms with Crippen LogP contribution >= 0.6 is 0 Å². The van der Waals surface area contributed by atoms with Crippen LogP contribution in [-0.4, -0.2) is 9.85 Å². The van der Waals surface area contributed by atoms with Crippen LogP contribution in [0, 0.1) is 20.2 Å². The predicted molar refractivity (Wildman–Crippen MR) is 108 cm³/mol. The van der Waals surface area contributed by atoms with E-state index in [0.717, 1.165) is 5.56 Å². The molecule has 0 heterocycles. The largest absolute Gasteiger partial charge is 0.489 e. The topological polar surface area (TPSA) is 122 Å². The van der Waals surface area contributed by atoms with Gasteiger partial charge >= 0.3 is 0 Å². The fourth-order valence-electron chi connectivity index (χ4n) is 2.51. The first kappa shape index (κ1) is 20.5. The molecule has 152 valence electrons. The monoisotopic (exact) mass is 408 g/mol. The lowest BCUT2D eigenvalue weighted by atomic mass is 10.2. The normalized spacial score (nSPS) is 10.3. The van der Waals surface area contributed by atoms with Crippen molar-refractivity contribution in [3.05, 3.63) is 114 Å². The average Bonchev–Trinajstić information content (AvgIpc) is 2.92. The Morgan fingerprint density at radius 2 is 1.10 bits per heavy atom. The van der Waals surface area contributed by atoms with Gasteiger partial charge in [0.2, 0.25) is 5.43 Å². The smallest absolute Gasteiger partial charge is 0.269 e. The first-order chi connectivity index (χ1) is 14.4. The second-order valence-corrected chi connectivity index (χ2v) is 6.22. The van der Waals surface area contributed by atoms with Gasteiger partial charge < -0.3 is 9.47 Å². The van der Waals surface area contributed by atoms with Gasteiger partial charge in [0.05, 0.1) is 9.85 Å². The van der Waals surface area contributed by atoms with Gasteiger partial charge in [-0.05, 0) is 59.7 Å². The van der Waals surface area contributed by atoms with E-state index in [4.69, 9.17) is 9.47 Å². The van der Waals surface area contributed by atoms with Crippen molar-refractivity contribution >= 4 is 11.4 Å². The van der Waals surface area contributed by atoms with Crippen LogP contribution in [0.5, 0.6) is 11.5 Å². The number of nitro groups is 2. The zero-order valence-electron chi connectivity index (χ0n) is 15.6. The van der Waals surface area contributed by atoms with E-state index in [1.54, 1.807) is 30.3 Å². The van der Waals surface area contributed by atoms with E-state index in [1.807, 2.05) is 0 Å². The highest BCUT2D eigenvalue weighted by molar-refractivity contribution is 5.34. The third-order valence-corrected chi connectivity index (χ3v) is 4.13. The van der Waals surface area contributed by atoms with Crippen LogP contribution in [0.4, 0.5) is 11.4 Å². The van der Waals surface area contributed by atoms with Gasteiger partial charge in [-0.15, -0.1) is 0 Å². The maximum absolute atomic E-state index is 12.2. The molecule has 0 saturated carbocycles. The Morgan fingerprint density at radius 1 is 0.633 bits per heavy atom. The van der Waals surface area contributed by atoms with Crippen molar-refractivity contribution in [3.8, 4) is 11.5 Å². The molecule has 3 aromatic rings. The summed E-state index contributed by atoms with van der Waals surface area (Å²) in [6, 6.07) is 17.7. The molecule has 9 heteroatoms. The molecule has 0 radical (unpaired) electrons. The summed E-state index contributed by atoms with van der Waals surface area (Å²) in [7, 11) is 0. The van der Waals surface area contributed by atoms with Crippen molar-refractivity contribution in [3.63, 3.8) is 0 Å². The first-order valence-electron chi connectivity index (χ1n) is 8.79. The van der Waals surface area contributed by atoms with Crippen LogP contribution in [0.15, 0.2) is 77.6 Å². The van der Waals surface area contributed by atoms with Gasteiger partial charge in [0.25, 0.3) is 11.4 Å². The number of non-ortho nitro benzene ring substituents is 2. The highest BCUT2D eigenvalue weighted by Crippen LogP contribution is 2.17. The quantitative estimate of drug-likeness (QED) is 0.407. The van der Waals surface area contributed by atoms with Gasteiger partial charge in [-0.2, -0.15) is 0 Å². The number of nitrogens with zero attached hydrogens (tertiary/aromatic N) is 2. The Morgan fingerprint density at radius 3 is 1.60 bits per heavy atom. The van der Waals surface area contributed by atoms with Crippen LogP contribution < -0.4 is 14.9 Å². The Bertz CT molecular complexity index is 1110. The Balaban J connectivity index is 1.62. The molecular formula is C21H16N2O7. The van der Waals surface area contributed by atoms with Gasteiger partial charge in [-0.1, -0.05) is 0 Å². The molecule has 3 rings (SSSR count). The Hall–Kier alpha value is -4.27. The lowest BCUT2D eigenvalue weighted by Gasteiger charge is -2.05. The molecule has 0 amide bonds. The minimum absolute atomic E-state index is 0.00401. The second-order valence-electron chi connectivity index (χ2n) is 6.22. The van der Waals surface area contributed by atoms with Crippen molar-refractivity contribution in [2.75, 3.05) is 0 Å². The summed E-state index contributed by atoms with van der Waals surface area (Å²) < 4.78 is 11.2. The van der Waals surface area contributed by atoms with E-state index >= 15 is 0 Å². The summed E-state index contributed by atoms with van der Waals surface area (Å²) in [6.45, 7) is 0.255. The Labute approximate surface area is 170 Å². The first-order valence-corrected chi connectivity index (χ1v) is 8.79. The van der Waals surface area contributed by atoms with Crippen LogP contribution in [-0.2, 0) is 13.2 Å². The summed E-state index contributed by atoms with van der Waals surface area (Å²) in [5.41, 5.74) is 1.05. The van der Waals surface area contributed by atoms with Crippen LogP contribution in [0.2, 0.25) is 0 Å². The zero-order chi connectivity index (χ0) is 21.5. The maximum Gasteiger partial charge on any atom is 0.269 e. The Kier molecular flexibility index (Phi) is 6.33. The molecule has 0 aliphatic heterocycles. The molecule has 0 bridgehead atoms. The number of ether oxygens (including phenoxy) is 2. The summed E-state index contributed by atoms with van der Waals surface area (Å²) in [6.07, 6.45) is 0. The molecule has 0 aliphatic carbocycles. The van der Waals surface area contributed by atoms with Crippen molar-refractivity contribution in [1.29, 1.82) is 0 Å². The maximum atomic E-state index is 12.2. The molecule has 30 heavy (non-hydrogen) atoms. The summed E-state index contributed by atoms with van der Waals surface area (Å²) in [4.78, 5) is 32.6. The average molecular weight is 408 g/mol. The van der Waals surface area contributed by atoms with Crippen LogP contribution in [0.25, 0.3) is 0 Å². The SMILES string of the molecule is O=c1ccc(OCc2ccc([N+](=O)[O-])cc2)ccc1OCc1ccc([N+](=O)[O-])cc1. The molecule has 0 atom stereocenters. The molecule has 0 N–H and O–H groups in total. The van der Waals surface area contributed by atoms with Crippen LogP contribution in [0.3, 0.4) is 0 Å². The molecule has 0 unspecified atom stereocenters. The minimum Gasteiger partial charge on any atom is -0.489 e. The van der Waals surface area contributed by atoms with E-state index in [9.17, 15) is 25.0 Å².